The van der Waals surface area contributed by atoms with E-state index in [1.54, 1.807) is 12.1 Å². The van der Waals surface area contributed by atoms with Crippen LogP contribution in [0.4, 0.5) is 15.8 Å². The van der Waals surface area contributed by atoms with Crippen LogP contribution in [0.3, 0.4) is 0 Å². The lowest BCUT2D eigenvalue weighted by Gasteiger charge is -2.28. The van der Waals surface area contributed by atoms with E-state index in [-0.39, 0.29) is 23.4 Å². The summed E-state index contributed by atoms with van der Waals surface area (Å²) in [6, 6.07) is 11.7. The van der Waals surface area contributed by atoms with Gasteiger partial charge in [0.25, 0.3) is 0 Å². The van der Waals surface area contributed by atoms with Gasteiger partial charge in [0, 0.05) is 29.2 Å². The Labute approximate surface area is 156 Å². The highest BCUT2D eigenvalue weighted by Crippen LogP contribution is 2.28. The van der Waals surface area contributed by atoms with Crippen molar-refractivity contribution in [2.24, 2.45) is 0 Å². The molecule has 0 saturated carbocycles. The molecule has 0 spiro atoms. The van der Waals surface area contributed by atoms with E-state index in [1.807, 2.05) is 30.0 Å². The largest absolute Gasteiger partial charge is 0.325 e. The topological polar surface area (TPSA) is 49.4 Å². The Bertz CT molecular complexity index is 808. The zero-order valence-electron chi connectivity index (χ0n) is 14.6. The molecule has 3 rings (SSSR count). The molecule has 0 unspecified atom stereocenters. The van der Waals surface area contributed by atoms with Gasteiger partial charge >= 0.3 is 0 Å². The minimum atomic E-state index is -0.293. The maximum atomic E-state index is 12.9. The first-order chi connectivity index (χ1) is 12.5. The van der Waals surface area contributed by atoms with E-state index >= 15 is 0 Å². The van der Waals surface area contributed by atoms with Gasteiger partial charge in [-0.25, -0.2) is 4.39 Å². The van der Waals surface area contributed by atoms with Crippen LogP contribution in [-0.2, 0) is 9.59 Å². The number of thioether (sulfide) groups is 1. The van der Waals surface area contributed by atoms with E-state index in [9.17, 15) is 14.0 Å². The summed E-state index contributed by atoms with van der Waals surface area (Å²) < 4.78 is 12.9. The van der Waals surface area contributed by atoms with Crippen LogP contribution in [0.15, 0.2) is 47.4 Å². The molecule has 1 fully saturated rings. The average molecular weight is 372 g/mol. The Balaban J connectivity index is 1.63. The Morgan fingerprint density at radius 2 is 1.96 bits per heavy atom. The molecule has 0 radical (unpaired) electrons. The SMILES string of the molecule is Cc1ccc(NC(=O)CSc2ccc(F)cc2)cc1N1CCCCC1=O. The fourth-order valence-corrected chi connectivity index (χ4v) is 3.61. The van der Waals surface area contributed by atoms with Crippen LogP contribution in [0, 0.1) is 12.7 Å². The monoisotopic (exact) mass is 372 g/mol. The van der Waals surface area contributed by atoms with Gasteiger partial charge in [-0.05, 0) is 61.7 Å². The lowest BCUT2D eigenvalue weighted by molar-refractivity contribution is -0.119. The number of hydrogen-bond donors (Lipinski definition) is 1. The summed E-state index contributed by atoms with van der Waals surface area (Å²) in [5.74, 6) is -0.0654. The van der Waals surface area contributed by atoms with Gasteiger partial charge in [-0.3, -0.25) is 9.59 Å². The van der Waals surface area contributed by atoms with Gasteiger partial charge < -0.3 is 10.2 Å². The fraction of sp³-hybridized carbons (Fsp3) is 0.300. The molecule has 0 aromatic heterocycles. The van der Waals surface area contributed by atoms with Crippen molar-refractivity contribution in [2.75, 3.05) is 22.5 Å². The third kappa shape index (κ3) is 4.64. The number of carbonyl (C=O) groups is 2. The number of nitrogens with one attached hydrogen (secondary N) is 1. The molecule has 1 aliphatic heterocycles. The molecule has 26 heavy (non-hydrogen) atoms. The molecule has 1 heterocycles. The first-order valence-corrected chi connectivity index (χ1v) is 9.61. The second kappa shape index (κ2) is 8.36. The number of carbonyl (C=O) groups excluding carboxylic acids is 2. The molecule has 2 aromatic rings. The third-order valence-electron chi connectivity index (χ3n) is 4.29. The van der Waals surface area contributed by atoms with Crippen LogP contribution in [-0.4, -0.2) is 24.1 Å². The van der Waals surface area contributed by atoms with Gasteiger partial charge in [-0.1, -0.05) is 6.07 Å². The number of anilines is 2. The van der Waals surface area contributed by atoms with Gasteiger partial charge in [-0.15, -0.1) is 11.8 Å². The summed E-state index contributed by atoms with van der Waals surface area (Å²) in [5, 5.41) is 2.87. The number of amides is 2. The van der Waals surface area contributed by atoms with Crippen LogP contribution in [0.5, 0.6) is 0 Å². The average Bonchev–Trinajstić information content (AvgIpc) is 2.63. The number of benzene rings is 2. The number of aryl methyl sites for hydroxylation is 1. The number of halogens is 1. The minimum absolute atomic E-state index is 0.134. The van der Waals surface area contributed by atoms with Crippen LogP contribution in [0.1, 0.15) is 24.8 Å². The van der Waals surface area contributed by atoms with E-state index < -0.39 is 0 Å². The maximum absolute atomic E-state index is 12.9. The number of hydrogen-bond acceptors (Lipinski definition) is 3. The van der Waals surface area contributed by atoms with Gasteiger partial charge in [0.2, 0.25) is 11.8 Å². The summed E-state index contributed by atoms with van der Waals surface area (Å²) in [6.45, 7) is 2.69. The van der Waals surface area contributed by atoms with Crippen LogP contribution < -0.4 is 10.2 Å². The van der Waals surface area contributed by atoms with E-state index in [0.717, 1.165) is 35.5 Å². The molecule has 1 saturated heterocycles. The van der Waals surface area contributed by atoms with Crippen LogP contribution >= 0.6 is 11.8 Å². The number of piperidine rings is 1. The zero-order valence-corrected chi connectivity index (χ0v) is 15.4. The highest BCUT2D eigenvalue weighted by molar-refractivity contribution is 8.00. The van der Waals surface area contributed by atoms with Gasteiger partial charge in [0.05, 0.1) is 5.75 Å². The molecular formula is C20H21FN2O2S. The quantitative estimate of drug-likeness (QED) is 0.793. The number of rotatable bonds is 5. The predicted octanol–water partition coefficient (Wildman–Crippen LogP) is 4.38. The van der Waals surface area contributed by atoms with E-state index in [0.29, 0.717) is 12.1 Å². The molecule has 1 N–H and O–H groups in total. The first kappa shape index (κ1) is 18.5. The van der Waals surface area contributed by atoms with Crippen molar-refractivity contribution in [1.82, 2.24) is 0 Å². The van der Waals surface area contributed by atoms with Crippen molar-refractivity contribution >= 4 is 35.0 Å². The van der Waals surface area contributed by atoms with Crippen molar-refractivity contribution in [3.63, 3.8) is 0 Å². The maximum Gasteiger partial charge on any atom is 0.234 e. The summed E-state index contributed by atoms with van der Waals surface area (Å²) in [6.07, 6.45) is 2.51. The van der Waals surface area contributed by atoms with Crippen molar-refractivity contribution in [1.29, 1.82) is 0 Å². The lowest BCUT2D eigenvalue weighted by Crippen LogP contribution is -2.35. The predicted molar refractivity (Wildman–Crippen MR) is 103 cm³/mol. The summed E-state index contributed by atoms with van der Waals surface area (Å²) in [7, 11) is 0. The molecule has 2 amide bonds. The number of nitrogens with zero attached hydrogens (tertiary/aromatic N) is 1. The highest BCUT2D eigenvalue weighted by Gasteiger charge is 2.21. The standard InChI is InChI=1S/C20H21FN2O2S/c1-14-5-8-16(12-18(14)23-11-3-2-4-20(23)25)22-19(24)13-26-17-9-6-15(21)7-10-17/h5-10,12H,2-4,11,13H2,1H3,(H,22,24). The summed E-state index contributed by atoms with van der Waals surface area (Å²) in [4.78, 5) is 27.0. The third-order valence-corrected chi connectivity index (χ3v) is 5.30. The Kier molecular flexibility index (Phi) is 5.93. The van der Waals surface area contributed by atoms with Crippen molar-refractivity contribution < 1.29 is 14.0 Å². The molecule has 6 heteroatoms. The normalized spacial score (nSPS) is 14.4. The molecule has 4 nitrogen and oxygen atoms in total. The summed E-state index contributed by atoms with van der Waals surface area (Å²) >= 11 is 1.35. The Morgan fingerprint density at radius 3 is 2.69 bits per heavy atom. The second-order valence-electron chi connectivity index (χ2n) is 6.29. The van der Waals surface area contributed by atoms with Crippen molar-refractivity contribution in [2.45, 2.75) is 31.1 Å². The van der Waals surface area contributed by atoms with Crippen molar-refractivity contribution in [3.8, 4) is 0 Å². The van der Waals surface area contributed by atoms with Gasteiger partial charge in [-0.2, -0.15) is 0 Å². The van der Waals surface area contributed by atoms with Gasteiger partial charge in [0.15, 0.2) is 0 Å². The molecular weight excluding hydrogens is 351 g/mol. The van der Waals surface area contributed by atoms with Crippen molar-refractivity contribution in [3.05, 3.63) is 53.8 Å². The first-order valence-electron chi connectivity index (χ1n) is 8.62. The van der Waals surface area contributed by atoms with Crippen LogP contribution in [0.2, 0.25) is 0 Å². The highest BCUT2D eigenvalue weighted by atomic mass is 32.2. The molecule has 1 aliphatic rings. The van der Waals surface area contributed by atoms with Crippen LogP contribution in [0.25, 0.3) is 0 Å². The molecule has 2 aromatic carbocycles. The Hall–Kier alpha value is -2.34. The molecule has 0 bridgehead atoms. The lowest BCUT2D eigenvalue weighted by atomic mass is 10.1. The van der Waals surface area contributed by atoms with Gasteiger partial charge in [0.1, 0.15) is 5.82 Å². The Morgan fingerprint density at radius 1 is 1.19 bits per heavy atom. The molecule has 136 valence electrons. The molecule has 0 aliphatic carbocycles. The zero-order chi connectivity index (χ0) is 18.5. The fourth-order valence-electron chi connectivity index (χ4n) is 2.92. The van der Waals surface area contributed by atoms with E-state index in [1.165, 1.54) is 23.9 Å². The molecule has 0 atom stereocenters. The smallest absolute Gasteiger partial charge is 0.234 e. The van der Waals surface area contributed by atoms with E-state index in [2.05, 4.69) is 5.32 Å². The van der Waals surface area contributed by atoms with E-state index in [4.69, 9.17) is 0 Å². The summed E-state index contributed by atoms with van der Waals surface area (Å²) in [5.41, 5.74) is 2.55. The second-order valence-corrected chi connectivity index (χ2v) is 7.34. The minimum Gasteiger partial charge on any atom is -0.325 e.